The third kappa shape index (κ3) is 1.63. The molecule has 2 nitrogen and oxygen atoms in total. The Balaban J connectivity index is 0.000000720. The Bertz CT molecular complexity index is 384. The molecular weight excluding hydrogens is 376 g/mol. The number of hydrogen-bond acceptors (Lipinski definition) is 2. The molecule has 0 unspecified atom stereocenters. The Morgan fingerprint density at radius 3 is 2.75 bits per heavy atom. The van der Waals surface area contributed by atoms with Crippen LogP contribution in [0.1, 0.15) is 0 Å². The predicted molar refractivity (Wildman–Crippen MR) is 42.2 cm³/mol. The minimum absolute atomic E-state index is 0. The Labute approximate surface area is 94.0 Å². The van der Waals surface area contributed by atoms with E-state index in [2.05, 4.69) is 11.2 Å². The van der Waals surface area contributed by atoms with E-state index in [0.29, 0.717) is 0 Å². The molecule has 0 amide bonds. The second-order valence-corrected chi connectivity index (χ2v) is 2.29. The molecule has 1 aromatic heterocycles. The van der Waals surface area contributed by atoms with Crippen molar-refractivity contribution in [2.45, 2.75) is 0 Å². The summed E-state index contributed by atoms with van der Waals surface area (Å²) in [6.07, 6.45) is 2.60. The van der Waals surface area contributed by atoms with Crippen LogP contribution in [0.15, 0.2) is 30.3 Å². The summed E-state index contributed by atoms with van der Waals surface area (Å²) < 4.78 is 0. The molecule has 2 aromatic rings. The Morgan fingerprint density at radius 1 is 1.25 bits per heavy atom. The maximum absolute atomic E-state index is 9.30. The zero-order valence-electron chi connectivity index (χ0n) is 6.28. The van der Waals surface area contributed by atoms with Gasteiger partial charge in [-0.05, 0) is 5.52 Å². The molecule has 0 aliphatic heterocycles. The monoisotopic (exact) mass is 382 g/mol. The molecule has 1 heterocycles. The van der Waals surface area contributed by atoms with Crippen molar-refractivity contribution in [2.75, 3.05) is 0 Å². The summed E-state index contributed by atoms with van der Waals surface area (Å²) in [5.74, 6) is 0.232. The fourth-order valence-electron chi connectivity index (χ4n) is 1.03. The number of hydrogen-bond donors (Lipinski definition) is 1. The standard InChI is InChI=1S/C9H6NO.U/c11-9-5-6-10-8-4-2-1-3-7(8)9;/h1-5H,(H,10,11);/q-1;. The predicted octanol–water partition coefficient (Wildman–Crippen LogP) is 1.74. The number of aromatic nitrogens is 1. The third-order valence-corrected chi connectivity index (χ3v) is 1.57. The molecule has 58 valence electrons. The normalized spacial score (nSPS) is 9.33. The molecule has 0 spiro atoms. The van der Waals surface area contributed by atoms with Crippen LogP contribution in [0.2, 0.25) is 0 Å². The molecule has 1 aromatic carbocycles. The molecule has 2 rings (SSSR count). The van der Waals surface area contributed by atoms with Crippen molar-refractivity contribution in [1.29, 1.82) is 0 Å². The second-order valence-electron chi connectivity index (χ2n) is 2.29. The molecule has 0 bridgehead atoms. The van der Waals surface area contributed by atoms with Crippen LogP contribution in [0, 0.1) is 37.3 Å². The van der Waals surface area contributed by atoms with Crippen molar-refractivity contribution in [3.63, 3.8) is 0 Å². The third-order valence-electron chi connectivity index (χ3n) is 1.57. The van der Waals surface area contributed by atoms with Crippen LogP contribution in [-0.4, -0.2) is 10.1 Å². The fourth-order valence-corrected chi connectivity index (χ4v) is 1.03. The molecule has 0 saturated heterocycles. The topological polar surface area (TPSA) is 33.1 Å². The Hall–Kier alpha value is -0.518. The van der Waals surface area contributed by atoms with Gasteiger partial charge >= 0.3 is 0 Å². The van der Waals surface area contributed by atoms with Gasteiger partial charge in [-0.15, -0.1) is 6.07 Å². The van der Waals surface area contributed by atoms with Crippen LogP contribution in [0.3, 0.4) is 0 Å². The van der Waals surface area contributed by atoms with Crippen LogP contribution in [-0.2, 0) is 0 Å². The van der Waals surface area contributed by atoms with Crippen LogP contribution in [0.4, 0.5) is 0 Å². The van der Waals surface area contributed by atoms with Gasteiger partial charge < -0.3 is 10.1 Å². The first kappa shape index (κ1) is 9.57. The number of fused-ring (bicyclic) bond motifs is 1. The fraction of sp³-hybridized carbons (Fsp3) is 0. The van der Waals surface area contributed by atoms with Gasteiger partial charge in [0, 0.05) is 36.9 Å². The molecule has 0 aliphatic carbocycles. The maximum atomic E-state index is 9.30. The van der Waals surface area contributed by atoms with Crippen LogP contribution in [0.5, 0.6) is 5.75 Å². The molecule has 12 heavy (non-hydrogen) atoms. The summed E-state index contributed by atoms with van der Waals surface area (Å²) in [5, 5.41) is 10.1. The van der Waals surface area contributed by atoms with E-state index in [4.69, 9.17) is 0 Å². The van der Waals surface area contributed by atoms with E-state index < -0.39 is 0 Å². The van der Waals surface area contributed by atoms with E-state index in [1.807, 2.05) is 24.3 Å². The minimum Gasteiger partial charge on any atom is -0.565 e. The van der Waals surface area contributed by atoms with Gasteiger partial charge in [-0.1, -0.05) is 35.8 Å². The van der Waals surface area contributed by atoms with E-state index in [1.165, 1.54) is 6.07 Å². The summed E-state index contributed by atoms with van der Waals surface area (Å²) >= 11 is 0. The van der Waals surface area contributed by atoms with Crippen LogP contribution < -0.4 is 0 Å². The Kier molecular flexibility index (Phi) is 3.14. The first-order valence-corrected chi connectivity index (χ1v) is 3.33. The van der Waals surface area contributed by atoms with Crippen molar-refractivity contribution in [3.8, 4) is 5.75 Å². The number of pyridine rings is 1. The number of nitrogens with zero attached hydrogens (tertiary/aromatic N) is 1. The molecule has 0 fully saturated rings. The zero-order chi connectivity index (χ0) is 7.68. The van der Waals surface area contributed by atoms with Gasteiger partial charge in [-0.25, -0.2) is 0 Å². The molecule has 0 atom stereocenters. The van der Waals surface area contributed by atoms with Gasteiger partial charge in [0.25, 0.3) is 0 Å². The molecule has 0 radical (unpaired) electrons. The summed E-state index contributed by atoms with van der Waals surface area (Å²) in [7, 11) is 0. The van der Waals surface area contributed by atoms with Crippen LogP contribution in [0.25, 0.3) is 10.9 Å². The number of benzene rings is 1. The molecular formula is C9H6NOU-. The first-order valence-electron chi connectivity index (χ1n) is 3.33. The van der Waals surface area contributed by atoms with Gasteiger partial charge in [-0.2, -0.15) is 0 Å². The summed E-state index contributed by atoms with van der Waals surface area (Å²) in [4.78, 5) is 3.96. The molecule has 1 N–H and O–H groups in total. The van der Waals surface area contributed by atoms with Gasteiger partial charge in [0.1, 0.15) is 0 Å². The first-order chi connectivity index (χ1) is 5.38. The van der Waals surface area contributed by atoms with Crippen molar-refractivity contribution in [3.05, 3.63) is 36.5 Å². The quantitative estimate of drug-likeness (QED) is 0.705. The summed E-state index contributed by atoms with van der Waals surface area (Å²) in [6.45, 7) is 0. The van der Waals surface area contributed by atoms with Crippen molar-refractivity contribution >= 4 is 10.9 Å². The van der Waals surface area contributed by atoms with Crippen molar-refractivity contribution in [2.24, 2.45) is 0 Å². The van der Waals surface area contributed by atoms with Gasteiger partial charge in [0.15, 0.2) is 0 Å². The smallest absolute Gasteiger partial charge is 0.0138 e. The number of aromatic hydroxyl groups is 1. The largest absolute Gasteiger partial charge is 0.565 e. The molecule has 0 aliphatic rings. The zero-order valence-corrected chi connectivity index (χ0v) is 10.4. The summed E-state index contributed by atoms with van der Waals surface area (Å²) in [5.41, 5.74) is 0.771. The van der Waals surface area contributed by atoms with E-state index >= 15 is 0 Å². The van der Waals surface area contributed by atoms with Gasteiger partial charge in [-0.3, -0.25) is 0 Å². The SMILES string of the molecule is Oc1c[c-]nc2ccccc12.[U]. The number of rotatable bonds is 0. The van der Waals surface area contributed by atoms with E-state index in [1.54, 1.807) is 0 Å². The average molecular weight is 382 g/mol. The minimum atomic E-state index is 0. The van der Waals surface area contributed by atoms with Gasteiger partial charge in [0.05, 0.1) is 0 Å². The van der Waals surface area contributed by atoms with E-state index in [9.17, 15) is 5.11 Å². The average Bonchev–Trinajstić information content (AvgIpc) is 2.06. The second kappa shape index (κ2) is 3.93. The van der Waals surface area contributed by atoms with Crippen molar-refractivity contribution in [1.82, 2.24) is 4.98 Å². The molecule has 3 heteroatoms. The number of para-hydroxylation sites is 1. The Morgan fingerprint density at radius 2 is 2.00 bits per heavy atom. The van der Waals surface area contributed by atoms with Crippen molar-refractivity contribution < 1.29 is 36.2 Å². The van der Waals surface area contributed by atoms with Crippen LogP contribution >= 0.6 is 0 Å². The summed E-state index contributed by atoms with van der Waals surface area (Å²) in [6, 6.07) is 8.87. The molecule has 0 saturated carbocycles. The van der Waals surface area contributed by atoms with E-state index in [0.717, 1.165) is 10.9 Å². The van der Waals surface area contributed by atoms with Gasteiger partial charge in [0.2, 0.25) is 0 Å². The van der Waals surface area contributed by atoms with E-state index in [-0.39, 0.29) is 36.9 Å². The maximum Gasteiger partial charge on any atom is 0.0138 e.